The summed E-state index contributed by atoms with van der Waals surface area (Å²) in [5.74, 6) is 1.92. The largest absolute Gasteiger partial charge is 0.486 e. The number of carbonyl (C=O) groups excluding carboxylic acids is 2. The summed E-state index contributed by atoms with van der Waals surface area (Å²) < 4.78 is 17.7. The number of urea groups is 1. The lowest BCUT2D eigenvalue weighted by molar-refractivity contribution is 0.0343. The van der Waals surface area contributed by atoms with Crippen LogP contribution in [0.5, 0.6) is 17.2 Å². The van der Waals surface area contributed by atoms with Gasteiger partial charge in [0.05, 0.1) is 23.9 Å². The second kappa shape index (κ2) is 14.5. The quantitative estimate of drug-likeness (QED) is 0.193. The Kier molecular flexibility index (Phi) is 10.2. The maximum absolute atomic E-state index is 13.8. The van der Waals surface area contributed by atoms with Crippen molar-refractivity contribution in [2.45, 2.75) is 46.4 Å². The van der Waals surface area contributed by atoms with Gasteiger partial charge in [-0.05, 0) is 69.8 Å². The number of aromatic nitrogens is 1. The highest BCUT2D eigenvalue weighted by atomic mass is 16.5. The number of aryl methyl sites for hydroxylation is 2. The van der Waals surface area contributed by atoms with Crippen molar-refractivity contribution < 1.29 is 28.7 Å². The van der Waals surface area contributed by atoms with Gasteiger partial charge in [0.1, 0.15) is 29.0 Å². The molecule has 46 heavy (non-hydrogen) atoms. The van der Waals surface area contributed by atoms with Gasteiger partial charge in [0.15, 0.2) is 11.5 Å². The molecule has 11 nitrogen and oxygen atoms in total. The Morgan fingerprint density at radius 3 is 2.46 bits per heavy atom. The molecule has 3 aromatic carbocycles. The van der Waals surface area contributed by atoms with Gasteiger partial charge in [-0.15, -0.1) is 0 Å². The Bertz CT molecular complexity index is 1620. The van der Waals surface area contributed by atoms with Crippen LogP contribution in [0.4, 0.5) is 16.2 Å². The second-order valence-electron chi connectivity index (χ2n) is 11.8. The summed E-state index contributed by atoms with van der Waals surface area (Å²) in [5.41, 5.74) is 2.78. The van der Waals surface area contributed by atoms with Crippen LogP contribution >= 0.6 is 0 Å². The van der Waals surface area contributed by atoms with E-state index in [1.54, 1.807) is 36.9 Å². The van der Waals surface area contributed by atoms with E-state index in [0.29, 0.717) is 48.0 Å². The fraction of sp³-hybridized carbons (Fsp3) is 0.343. The molecule has 11 heteroatoms. The number of rotatable bonds is 10. The molecule has 0 fully saturated rings. The summed E-state index contributed by atoms with van der Waals surface area (Å²) in [7, 11) is 2.02. The molecule has 0 bridgehead atoms. The number of anilines is 2. The number of aliphatic hydroxyl groups excluding tert-OH is 1. The van der Waals surface area contributed by atoms with E-state index in [1.807, 2.05) is 75.5 Å². The first kappa shape index (κ1) is 32.5. The van der Waals surface area contributed by atoms with Crippen LogP contribution in [0.3, 0.4) is 0 Å². The van der Waals surface area contributed by atoms with Gasteiger partial charge in [-0.3, -0.25) is 9.69 Å². The van der Waals surface area contributed by atoms with Gasteiger partial charge < -0.3 is 34.6 Å². The minimum atomic E-state index is -0.525. The summed E-state index contributed by atoms with van der Waals surface area (Å²) >= 11 is 0. The van der Waals surface area contributed by atoms with E-state index in [4.69, 9.17) is 14.0 Å². The van der Waals surface area contributed by atoms with Crippen LogP contribution in [0.25, 0.3) is 0 Å². The van der Waals surface area contributed by atoms with E-state index >= 15 is 0 Å². The Labute approximate surface area is 269 Å². The topological polar surface area (TPSA) is 129 Å². The number of carbonyl (C=O) groups is 2. The van der Waals surface area contributed by atoms with Crippen molar-refractivity contribution in [3.63, 3.8) is 0 Å². The predicted molar refractivity (Wildman–Crippen MR) is 176 cm³/mol. The number of para-hydroxylation sites is 2. The lowest BCUT2D eigenvalue weighted by atomic mass is 9.99. The first-order valence-corrected chi connectivity index (χ1v) is 15.4. The lowest BCUT2D eigenvalue weighted by Gasteiger charge is -2.38. The number of hydrogen-bond donors (Lipinski definition) is 3. The third-order valence-corrected chi connectivity index (χ3v) is 8.06. The van der Waals surface area contributed by atoms with E-state index in [1.165, 1.54) is 0 Å². The van der Waals surface area contributed by atoms with E-state index in [9.17, 15) is 14.7 Å². The highest BCUT2D eigenvalue weighted by Gasteiger charge is 2.34. The molecule has 1 aliphatic heterocycles. The third-order valence-electron chi connectivity index (χ3n) is 8.06. The molecule has 1 aliphatic rings. The zero-order chi connectivity index (χ0) is 32.8. The van der Waals surface area contributed by atoms with E-state index < -0.39 is 12.1 Å². The SMILES string of the molecule is Cc1noc(C)c1NC(=O)Nc1cccc2c1O[C@H](CN(C)Cc1ccc(Oc3ccccc3)cc1)[C@H](C)CN([C@@H](C)CO)C2=O. The molecule has 3 amide bonds. The van der Waals surface area contributed by atoms with Crippen molar-refractivity contribution in [1.82, 2.24) is 15.0 Å². The molecule has 1 aromatic heterocycles. The minimum absolute atomic E-state index is 0.0978. The zero-order valence-corrected chi connectivity index (χ0v) is 26.8. The Morgan fingerprint density at radius 1 is 1.07 bits per heavy atom. The van der Waals surface area contributed by atoms with Crippen molar-refractivity contribution in [2.75, 3.05) is 37.4 Å². The number of ether oxygens (including phenoxy) is 2. The molecule has 5 rings (SSSR count). The second-order valence-corrected chi connectivity index (χ2v) is 11.8. The van der Waals surface area contributed by atoms with Crippen LogP contribution in [-0.2, 0) is 6.54 Å². The molecule has 3 N–H and O–H groups in total. The molecular formula is C35H41N5O6. The highest BCUT2D eigenvalue weighted by Crippen LogP contribution is 2.35. The lowest BCUT2D eigenvalue weighted by Crippen LogP contribution is -2.49. The predicted octanol–water partition coefficient (Wildman–Crippen LogP) is 6.08. The Balaban J connectivity index is 1.35. The maximum Gasteiger partial charge on any atom is 0.323 e. The monoisotopic (exact) mass is 627 g/mol. The van der Waals surface area contributed by atoms with Gasteiger partial charge in [-0.2, -0.15) is 0 Å². The number of fused-ring (bicyclic) bond motifs is 1. The van der Waals surface area contributed by atoms with Crippen LogP contribution in [-0.4, -0.2) is 70.9 Å². The first-order valence-electron chi connectivity index (χ1n) is 15.4. The molecule has 0 saturated heterocycles. The summed E-state index contributed by atoms with van der Waals surface area (Å²) in [6.07, 6.45) is -0.348. The average molecular weight is 628 g/mol. The van der Waals surface area contributed by atoms with Gasteiger partial charge >= 0.3 is 6.03 Å². The van der Waals surface area contributed by atoms with Crippen molar-refractivity contribution in [1.29, 1.82) is 0 Å². The van der Waals surface area contributed by atoms with E-state index in [0.717, 1.165) is 17.1 Å². The smallest absolute Gasteiger partial charge is 0.323 e. The standard InChI is InChI=1S/C35H41N5O6/c1-22-18-40(23(2)21-41)34(42)29-12-9-13-30(36-35(43)37-32-24(3)38-46-25(32)4)33(29)45-31(22)20-39(5)19-26-14-16-28(17-15-26)44-27-10-7-6-8-11-27/h6-17,22-23,31,41H,18-21H2,1-5H3,(H2,36,37,43)/t22-,23+,31-/m1/s1. The Hall–Kier alpha value is -4.87. The average Bonchev–Trinajstić information content (AvgIpc) is 3.36. The van der Waals surface area contributed by atoms with Gasteiger partial charge in [0.25, 0.3) is 5.91 Å². The number of hydrogen-bond acceptors (Lipinski definition) is 8. The maximum atomic E-state index is 13.8. The highest BCUT2D eigenvalue weighted by molar-refractivity contribution is 6.04. The number of nitrogens with one attached hydrogen (secondary N) is 2. The minimum Gasteiger partial charge on any atom is -0.486 e. The molecular weight excluding hydrogens is 586 g/mol. The first-order chi connectivity index (χ1) is 22.1. The van der Waals surface area contributed by atoms with E-state index in [-0.39, 0.29) is 30.3 Å². The van der Waals surface area contributed by atoms with Crippen LogP contribution < -0.4 is 20.1 Å². The molecule has 0 spiro atoms. The third kappa shape index (κ3) is 7.67. The molecule has 0 unspecified atom stereocenters. The molecule has 0 radical (unpaired) electrons. The number of likely N-dealkylation sites (N-methyl/N-ethyl adjacent to an activating group) is 1. The molecule has 0 saturated carbocycles. The number of amides is 3. The van der Waals surface area contributed by atoms with Gasteiger partial charge in [-0.25, -0.2) is 4.79 Å². The summed E-state index contributed by atoms with van der Waals surface area (Å²) in [5, 5.41) is 19.5. The summed E-state index contributed by atoms with van der Waals surface area (Å²) in [6.45, 7) is 8.70. The molecule has 2 heterocycles. The normalized spacial score (nSPS) is 17.0. The molecule has 3 atom stereocenters. The van der Waals surface area contributed by atoms with Crippen molar-refractivity contribution in [3.05, 3.63) is 95.4 Å². The van der Waals surface area contributed by atoms with Gasteiger partial charge in [0, 0.05) is 25.6 Å². The summed E-state index contributed by atoms with van der Waals surface area (Å²) in [4.78, 5) is 30.7. The van der Waals surface area contributed by atoms with E-state index in [2.05, 4.69) is 20.7 Å². The van der Waals surface area contributed by atoms with Crippen molar-refractivity contribution in [2.24, 2.45) is 5.92 Å². The van der Waals surface area contributed by atoms with Crippen molar-refractivity contribution in [3.8, 4) is 17.2 Å². The fourth-order valence-electron chi connectivity index (χ4n) is 5.46. The molecule has 0 aliphatic carbocycles. The van der Waals surface area contributed by atoms with Crippen LogP contribution in [0.2, 0.25) is 0 Å². The van der Waals surface area contributed by atoms with Crippen molar-refractivity contribution >= 4 is 23.3 Å². The number of nitrogens with zero attached hydrogens (tertiary/aromatic N) is 3. The van der Waals surface area contributed by atoms with Crippen LogP contribution in [0.1, 0.15) is 41.2 Å². The van der Waals surface area contributed by atoms with Gasteiger partial charge in [0.2, 0.25) is 0 Å². The number of benzene rings is 3. The fourth-order valence-corrected chi connectivity index (χ4v) is 5.46. The van der Waals surface area contributed by atoms with Gasteiger partial charge in [-0.1, -0.05) is 48.5 Å². The Morgan fingerprint density at radius 2 is 1.78 bits per heavy atom. The zero-order valence-electron chi connectivity index (χ0n) is 26.8. The van der Waals surface area contributed by atoms with Crippen LogP contribution in [0.15, 0.2) is 77.3 Å². The number of aliphatic hydroxyl groups is 1. The molecule has 4 aromatic rings. The van der Waals surface area contributed by atoms with Crippen LogP contribution in [0, 0.1) is 19.8 Å². The summed E-state index contributed by atoms with van der Waals surface area (Å²) in [6, 6.07) is 21.8. The molecule has 242 valence electrons.